The molecule has 20 heavy (non-hydrogen) atoms. The largest absolute Gasteiger partial charge is 0.481 e. The second-order valence-electron chi connectivity index (χ2n) is 5.25. The van der Waals surface area contributed by atoms with Gasteiger partial charge >= 0.3 is 5.97 Å². The van der Waals surface area contributed by atoms with Crippen molar-refractivity contribution in [1.29, 1.82) is 0 Å². The van der Waals surface area contributed by atoms with Gasteiger partial charge in [-0.2, -0.15) is 0 Å². The van der Waals surface area contributed by atoms with Crippen LogP contribution in [0.3, 0.4) is 0 Å². The molecule has 0 aromatic carbocycles. The van der Waals surface area contributed by atoms with Crippen LogP contribution in [0.4, 0.5) is 0 Å². The van der Waals surface area contributed by atoms with Crippen LogP contribution >= 0.6 is 22.9 Å². The first kappa shape index (κ1) is 15.3. The Morgan fingerprint density at radius 1 is 1.55 bits per heavy atom. The van der Waals surface area contributed by atoms with Crippen molar-refractivity contribution in [2.75, 3.05) is 13.1 Å². The molecule has 1 amide bonds. The van der Waals surface area contributed by atoms with Crippen molar-refractivity contribution < 1.29 is 14.7 Å². The van der Waals surface area contributed by atoms with Crippen molar-refractivity contribution in [2.24, 2.45) is 5.92 Å². The quantitative estimate of drug-likeness (QED) is 0.926. The number of aliphatic carboxylic acids is 1. The highest BCUT2D eigenvalue weighted by molar-refractivity contribution is 7.13. The minimum atomic E-state index is -0.773. The van der Waals surface area contributed by atoms with Crippen LogP contribution in [0.2, 0.25) is 5.02 Å². The number of hydrogen-bond acceptors (Lipinski definition) is 3. The molecular weight excluding hydrogens is 298 g/mol. The van der Waals surface area contributed by atoms with Crippen LogP contribution in [-0.4, -0.2) is 35.0 Å². The van der Waals surface area contributed by atoms with Crippen LogP contribution in [0.15, 0.2) is 5.38 Å². The summed E-state index contributed by atoms with van der Waals surface area (Å²) in [5, 5.41) is 11.2. The predicted octanol–water partition coefficient (Wildman–Crippen LogP) is 3.43. The Balaban J connectivity index is 1.99. The summed E-state index contributed by atoms with van der Waals surface area (Å²) in [4.78, 5) is 25.5. The number of carbonyl (C=O) groups is 2. The molecule has 1 atom stereocenters. The van der Waals surface area contributed by atoms with Gasteiger partial charge in [0.25, 0.3) is 5.91 Å². The van der Waals surface area contributed by atoms with Gasteiger partial charge in [0, 0.05) is 19.5 Å². The molecule has 1 aromatic heterocycles. The summed E-state index contributed by atoms with van der Waals surface area (Å²) in [5.41, 5.74) is 0.930. The smallest absolute Gasteiger partial charge is 0.303 e. The molecule has 110 valence electrons. The van der Waals surface area contributed by atoms with E-state index in [1.54, 1.807) is 0 Å². The highest BCUT2D eigenvalue weighted by Gasteiger charge is 2.27. The number of carbonyl (C=O) groups excluding carboxylic acids is 1. The summed E-state index contributed by atoms with van der Waals surface area (Å²) in [6, 6.07) is 0. The molecule has 2 heterocycles. The van der Waals surface area contributed by atoms with E-state index >= 15 is 0 Å². The van der Waals surface area contributed by atoms with Gasteiger partial charge in [-0.05, 0) is 43.0 Å². The molecule has 4 nitrogen and oxygen atoms in total. The molecule has 1 aromatic rings. The average molecular weight is 316 g/mol. The highest BCUT2D eigenvalue weighted by atomic mass is 35.5. The molecule has 1 fully saturated rings. The first-order chi connectivity index (χ1) is 9.49. The van der Waals surface area contributed by atoms with E-state index in [-0.39, 0.29) is 18.2 Å². The molecular formula is C14H18ClNO3S. The minimum absolute atomic E-state index is 0.0203. The normalized spacial score (nSPS) is 19.1. The molecule has 1 aliphatic rings. The van der Waals surface area contributed by atoms with Crippen LogP contribution in [0, 0.1) is 12.8 Å². The van der Waals surface area contributed by atoms with E-state index in [0.29, 0.717) is 22.9 Å². The van der Waals surface area contributed by atoms with Crippen molar-refractivity contribution >= 4 is 34.8 Å². The summed E-state index contributed by atoms with van der Waals surface area (Å²) in [6.45, 7) is 3.26. The summed E-state index contributed by atoms with van der Waals surface area (Å²) in [5.74, 6) is -0.512. The van der Waals surface area contributed by atoms with E-state index < -0.39 is 5.97 Å². The Bertz CT molecular complexity index is 515. The summed E-state index contributed by atoms with van der Waals surface area (Å²) >= 11 is 7.53. The van der Waals surface area contributed by atoms with E-state index in [2.05, 4.69) is 0 Å². The maximum atomic E-state index is 12.5. The van der Waals surface area contributed by atoms with Crippen LogP contribution in [0.1, 0.15) is 40.9 Å². The molecule has 2 rings (SSSR count). The third-order valence-corrected chi connectivity index (χ3v) is 5.35. The Morgan fingerprint density at radius 3 is 2.90 bits per heavy atom. The van der Waals surface area contributed by atoms with Crippen LogP contribution < -0.4 is 0 Å². The molecule has 0 spiro atoms. The van der Waals surface area contributed by atoms with Gasteiger partial charge in [-0.25, -0.2) is 0 Å². The molecule has 1 N–H and O–H groups in total. The zero-order chi connectivity index (χ0) is 14.7. The number of nitrogens with zero attached hydrogens (tertiary/aromatic N) is 1. The fourth-order valence-corrected chi connectivity index (χ4v) is 3.77. The highest BCUT2D eigenvalue weighted by Crippen LogP contribution is 2.30. The first-order valence-electron chi connectivity index (χ1n) is 6.73. The molecule has 6 heteroatoms. The van der Waals surface area contributed by atoms with Gasteiger partial charge in [-0.3, -0.25) is 9.59 Å². The van der Waals surface area contributed by atoms with Crippen LogP contribution in [0.25, 0.3) is 0 Å². The number of carboxylic acid groups (broad SMARTS) is 1. The lowest BCUT2D eigenvalue weighted by Crippen LogP contribution is -2.39. The second kappa shape index (κ2) is 6.59. The van der Waals surface area contributed by atoms with Gasteiger partial charge in [-0.1, -0.05) is 11.6 Å². The number of piperidine rings is 1. The second-order valence-corrected chi connectivity index (χ2v) is 6.51. The molecule has 0 radical (unpaired) electrons. The lowest BCUT2D eigenvalue weighted by molar-refractivity contribution is -0.137. The lowest BCUT2D eigenvalue weighted by atomic mass is 9.93. The molecule has 1 saturated heterocycles. The molecule has 0 aliphatic carbocycles. The third-order valence-electron chi connectivity index (χ3n) is 3.67. The van der Waals surface area contributed by atoms with Crippen LogP contribution in [0.5, 0.6) is 0 Å². The topological polar surface area (TPSA) is 57.6 Å². The number of halogens is 1. The predicted molar refractivity (Wildman–Crippen MR) is 79.6 cm³/mol. The Hall–Kier alpha value is -1.07. The molecule has 0 saturated carbocycles. The van der Waals surface area contributed by atoms with Gasteiger partial charge in [-0.15, -0.1) is 11.3 Å². The number of rotatable bonds is 4. The Kier molecular flexibility index (Phi) is 5.05. The number of likely N-dealkylation sites (tertiary alicyclic amines) is 1. The van der Waals surface area contributed by atoms with Gasteiger partial charge in [0.1, 0.15) is 4.88 Å². The monoisotopic (exact) mass is 315 g/mol. The molecule has 0 bridgehead atoms. The van der Waals surface area contributed by atoms with Crippen LogP contribution in [-0.2, 0) is 4.79 Å². The van der Waals surface area contributed by atoms with Gasteiger partial charge < -0.3 is 10.0 Å². The first-order valence-corrected chi connectivity index (χ1v) is 7.99. The van der Waals surface area contributed by atoms with Gasteiger partial charge in [0.2, 0.25) is 0 Å². The summed E-state index contributed by atoms with van der Waals surface area (Å²) < 4.78 is 0. The molecule has 1 aliphatic heterocycles. The zero-order valence-electron chi connectivity index (χ0n) is 11.4. The number of aryl methyl sites for hydroxylation is 1. The van der Waals surface area contributed by atoms with Crippen molar-refractivity contribution in [3.8, 4) is 0 Å². The summed E-state index contributed by atoms with van der Waals surface area (Å²) in [6.07, 6.45) is 2.73. The fraction of sp³-hybridized carbons (Fsp3) is 0.571. The fourth-order valence-electron chi connectivity index (χ4n) is 2.53. The molecule has 1 unspecified atom stereocenters. The number of hydrogen-bond donors (Lipinski definition) is 1. The standard InChI is InChI=1S/C14H18ClNO3S/c1-9-8-20-13(12(9)15)14(19)16-6-2-3-10(7-16)4-5-11(17)18/h8,10H,2-7H2,1H3,(H,17,18). The number of amides is 1. The summed E-state index contributed by atoms with van der Waals surface area (Å²) in [7, 11) is 0. The average Bonchev–Trinajstić information content (AvgIpc) is 2.76. The van der Waals surface area contributed by atoms with Gasteiger partial charge in [0.05, 0.1) is 5.02 Å². The minimum Gasteiger partial charge on any atom is -0.481 e. The van der Waals surface area contributed by atoms with Crippen molar-refractivity contribution in [3.05, 3.63) is 20.8 Å². The Morgan fingerprint density at radius 2 is 2.30 bits per heavy atom. The SMILES string of the molecule is Cc1csc(C(=O)N2CCCC(CCC(=O)O)C2)c1Cl. The van der Waals surface area contributed by atoms with Gasteiger partial charge in [0.15, 0.2) is 0 Å². The van der Waals surface area contributed by atoms with E-state index in [1.165, 1.54) is 11.3 Å². The maximum absolute atomic E-state index is 12.5. The van der Waals surface area contributed by atoms with Crippen molar-refractivity contribution in [3.63, 3.8) is 0 Å². The number of thiophene rings is 1. The van der Waals surface area contributed by atoms with E-state index in [4.69, 9.17) is 16.7 Å². The third kappa shape index (κ3) is 3.52. The maximum Gasteiger partial charge on any atom is 0.303 e. The van der Waals surface area contributed by atoms with E-state index in [1.807, 2.05) is 17.2 Å². The number of carboxylic acids is 1. The van der Waals surface area contributed by atoms with E-state index in [0.717, 1.165) is 24.9 Å². The zero-order valence-corrected chi connectivity index (χ0v) is 13.0. The Labute approximate surface area is 127 Å². The van der Waals surface area contributed by atoms with Crippen molar-refractivity contribution in [1.82, 2.24) is 4.90 Å². The lowest BCUT2D eigenvalue weighted by Gasteiger charge is -2.32. The van der Waals surface area contributed by atoms with E-state index in [9.17, 15) is 9.59 Å². The van der Waals surface area contributed by atoms with Crippen molar-refractivity contribution in [2.45, 2.75) is 32.6 Å².